The maximum atomic E-state index is 12.9. The van der Waals surface area contributed by atoms with Crippen molar-refractivity contribution in [1.82, 2.24) is 9.88 Å². The van der Waals surface area contributed by atoms with Crippen LogP contribution in [0.25, 0.3) is 0 Å². The van der Waals surface area contributed by atoms with E-state index in [1.807, 2.05) is 55.4 Å². The maximum Gasteiger partial charge on any atom is 0.261 e. The molecule has 0 aliphatic carbocycles. The zero-order chi connectivity index (χ0) is 14.8. The number of carbonyl (C=O) groups excluding carboxylic acids is 1. The number of carbonyl (C=O) groups is 1. The summed E-state index contributed by atoms with van der Waals surface area (Å²) in [5, 5.41) is 0.780. The number of hydrogen-bond acceptors (Lipinski definition) is 4. The van der Waals surface area contributed by atoms with Gasteiger partial charge in [0.2, 0.25) is 0 Å². The molecule has 1 amide bonds. The second-order valence-electron chi connectivity index (χ2n) is 5.19. The summed E-state index contributed by atoms with van der Waals surface area (Å²) in [6.07, 6.45) is 1.73. The summed E-state index contributed by atoms with van der Waals surface area (Å²) < 4.78 is 0. The molecule has 0 spiro atoms. The monoisotopic (exact) mass is 299 g/mol. The van der Waals surface area contributed by atoms with Gasteiger partial charge < -0.3 is 9.80 Å². The Hall–Kier alpha value is -1.85. The molecule has 0 atom stereocenters. The quantitative estimate of drug-likeness (QED) is 0.873. The molecule has 0 unspecified atom stereocenters. The van der Waals surface area contributed by atoms with E-state index in [-0.39, 0.29) is 5.91 Å². The molecule has 0 fully saturated rings. The molecular weight excluding hydrogens is 282 g/mol. The second kappa shape index (κ2) is 5.87. The number of benzene rings is 1. The third-order valence-electron chi connectivity index (χ3n) is 3.38. The van der Waals surface area contributed by atoms with Gasteiger partial charge in [-0.2, -0.15) is 0 Å². The van der Waals surface area contributed by atoms with Crippen LogP contribution in [0.1, 0.15) is 10.4 Å². The van der Waals surface area contributed by atoms with Crippen LogP contribution in [0.15, 0.2) is 52.5 Å². The molecule has 0 radical (unpaired) electrons. The first-order chi connectivity index (χ1) is 10.2. The lowest BCUT2D eigenvalue weighted by Gasteiger charge is -2.24. The summed E-state index contributed by atoms with van der Waals surface area (Å²) in [6, 6.07) is 11.7. The number of anilines is 1. The number of amides is 1. The number of nitrogens with zero attached hydrogens (tertiary/aromatic N) is 3. The van der Waals surface area contributed by atoms with Crippen LogP contribution >= 0.6 is 11.8 Å². The predicted octanol–water partition coefficient (Wildman–Crippen LogP) is 2.75. The Bertz CT molecular complexity index is 672. The smallest absolute Gasteiger partial charge is 0.261 e. The van der Waals surface area contributed by atoms with Gasteiger partial charge >= 0.3 is 0 Å². The van der Waals surface area contributed by atoms with Gasteiger partial charge in [0.05, 0.1) is 11.3 Å². The zero-order valence-corrected chi connectivity index (χ0v) is 12.9. The lowest BCUT2D eigenvalue weighted by Crippen LogP contribution is -2.36. The number of pyridine rings is 1. The normalized spacial score (nSPS) is 13.9. The van der Waals surface area contributed by atoms with Crippen molar-refractivity contribution in [1.29, 1.82) is 0 Å². The SMILES string of the molecule is CN(C)CCN1C(=O)c2cccnc2Sc2ccccc21. The van der Waals surface area contributed by atoms with Gasteiger partial charge in [-0.05, 0) is 38.4 Å². The van der Waals surface area contributed by atoms with Crippen LogP contribution in [0, 0.1) is 0 Å². The summed E-state index contributed by atoms with van der Waals surface area (Å²) in [4.78, 5) is 22.2. The first kappa shape index (κ1) is 14.1. The zero-order valence-electron chi connectivity index (χ0n) is 12.1. The van der Waals surface area contributed by atoms with E-state index >= 15 is 0 Å². The van der Waals surface area contributed by atoms with Gasteiger partial charge in [-0.1, -0.05) is 23.9 Å². The van der Waals surface area contributed by atoms with Gasteiger partial charge in [0.1, 0.15) is 5.03 Å². The molecule has 1 aliphatic rings. The largest absolute Gasteiger partial charge is 0.308 e. The molecule has 0 saturated heterocycles. The number of rotatable bonds is 3. The van der Waals surface area contributed by atoms with Crippen molar-refractivity contribution >= 4 is 23.4 Å². The fraction of sp³-hybridized carbons (Fsp3) is 0.250. The van der Waals surface area contributed by atoms with Gasteiger partial charge in [0, 0.05) is 24.2 Å². The third kappa shape index (κ3) is 2.80. The number of aromatic nitrogens is 1. The molecular formula is C16H17N3OS. The van der Waals surface area contributed by atoms with Crippen molar-refractivity contribution in [3.63, 3.8) is 0 Å². The van der Waals surface area contributed by atoms with E-state index in [0.717, 1.165) is 22.2 Å². The topological polar surface area (TPSA) is 36.4 Å². The van der Waals surface area contributed by atoms with E-state index in [1.54, 1.807) is 18.0 Å². The number of hydrogen-bond donors (Lipinski definition) is 0. The van der Waals surface area contributed by atoms with Crippen molar-refractivity contribution in [3.05, 3.63) is 48.2 Å². The van der Waals surface area contributed by atoms with Gasteiger partial charge in [-0.15, -0.1) is 0 Å². The summed E-state index contributed by atoms with van der Waals surface area (Å²) in [5.74, 6) is 0.0254. The van der Waals surface area contributed by atoms with E-state index in [1.165, 1.54) is 0 Å². The Morgan fingerprint density at radius 2 is 2.00 bits per heavy atom. The minimum atomic E-state index is 0.0254. The van der Waals surface area contributed by atoms with E-state index in [2.05, 4.69) is 9.88 Å². The van der Waals surface area contributed by atoms with Crippen LogP contribution < -0.4 is 4.90 Å². The standard InChI is InChI=1S/C16H17N3OS/c1-18(2)10-11-19-13-7-3-4-8-14(13)21-15-12(16(19)20)6-5-9-17-15/h3-9H,10-11H2,1-2H3. The molecule has 2 heterocycles. The van der Waals surface area contributed by atoms with Crippen molar-refractivity contribution in [2.24, 2.45) is 0 Å². The van der Waals surface area contributed by atoms with Gasteiger partial charge in [-0.25, -0.2) is 4.98 Å². The van der Waals surface area contributed by atoms with Gasteiger partial charge in [-0.3, -0.25) is 4.79 Å². The van der Waals surface area contributed by atoms with Crippen molar-refractivity contribution in [2.45, 2.75) is 9.92 Å². The molecule has 0 N–H and O–H groups in total. The third-order valence-corrected chi connectivity index (χ3v) is 4.46. The minimum Gasteiger partial charge on any atom is -0.308 e. The fourth-order valence-corrected chi connectivity index (χ4v) is 3.30. The highest BCUT2D eigenvalue weighted by molar-refractivity contribution is 7.99. The van der Waals surface area contributed by atoms with Crippen LogP contribution in [0.3, 0.4) is 0 Å². The summed E-state index contributed by atoms with van der Waals surface area (Å²) in [7, 11) is 4.02. The van der Waals surface area contributed by atoms with E-state index in [4.69, 9.17) is 0 Å². The van der Waals surface area contributed by atoms with E-state index < -0.39 is 0 Å². The minimum absolute atomic E-state index is 0.0254. The van der Waals surface area contributed by atoms with Gasteiger partial charge in [0.25, 0.3) is 5.91 Å². The summed E-state index contributed by atoms with van der Waals surface area (Å²) in [5.41, 5.74) is 1.64. The first-order valence-corrected chi connectivity index (χ1v) is 7.67. The summed E-state index contributed by atoms with van der Waals surface area (Å²) >= 11 is 1.56. The van der Waals surface area contributed by atoms with Crippen molar-refractivity contribution in [3.8, 4) is 0 Å². The Morgan fingerprint density at radius 3 is 2.81 bits per heavy atom. The van der Waals surface area contributed by atoms with Crippen molar-refractivity contribution < 1.29 is 4.79 Å². The van der Waals surface area contributed by atoms with E-state index in [0.29, 0.717) is 12.1 Å². The average molecular weight is 299 g/mol. The Kier molecular flexibility index (Phi) is 3.94. The molecule has 3 rings (SSSR count). The lowest BCUT2D eigenvalue weighted by molar-refractivity contribution is 0.0982. The van der Waals surface area contributed by atoms with Crippen LogP contribution in [0.2, 0.25) is 0 Å². The highest BCUT2D eigenvalue weighted by Gasteiger charge is 2.27. The molecule has 5 heteroatoms. The Morgan fingerprint density at radius 1 is 1.19 bits per heavy atom. The number of para-hydroxylation sites is 1. The van der Waals surface area contributed by atoms with Crippen LogP contribution in [-0.2, 0) is 0 Å². The van der Waals surface area contributed by atoms with Crippen molar-refractivity contribution in [2.75, 3.05) is 32.1 Å². The van der Waals surface area contributed by atoms with Crippen LogP contribution in [0.5, 0.6) is 0 Å². The fourth-order valence-electron chi connectivity index (χ4n) is 2.28. The molecule has 0 saturated carbocycles. The molecule has 1 aromatic heterocycles. The van der Waals surface area contributed by atoms with Crippen LogP contribution in [0.4, 0.5) is 5.69 Å². The number of fused-ring (bicyclic) bond motifs is 2. The highest BCUT2D eigenvalue weighted by Crippen LogP contribution is 2.39. The first-order valence-electron chi connectivity index (χ1n) is 6.85. The molecule has 2 aromatic rings. The van der Waals surface area contributed by atoms with Crippen LogP contribution in [-0.4, -0.2) is 43.0 Å². The molecule has 1 aliphatic heterocycles. The molecule has 4 nitrogen and oxygen atoms in total. The molecule has 21 heavy (non-hydrogen) atoms. The highest BCUT2D eigenvalue weighted by atomic mass is 32.2. The van der Waals surface area contributed by atoms with Gasteiger partial charge in [0.15, 0.2) is 0 Å². The Balaban J connectivity index is 2.07. The molecule has 1 aromatic carbocycles. The average Bonchev–Trinajstić information content (AvgIpc) is 2.60. The predicted molar refractivity (Wildman–Crippen MR) is 85.0 cm³/mol. The number of likely N-dealkylation sites (N-methyl/N-ethyl adjacent to an activating group) is 1. The Labute approximate surface area is 128 Å². The lowest BCUT2D eigenvalue weighted by atomic mass is 10.2. The van der Waals surface area contributed by atoms with E-state index in [9.17, 15) is 4.79 Å². The molecule has 0 bridgehead atoms. The second-order valence-corrected chi connectivity index (χ2v) is 6.22. The summed E-state index contributed by atoms with van der Waals surface area (Å²) in [6.45, 7) is 1.48. The molecule has 108 valence electrons. The maximum absolute atomic E-state index is 12.9.